The molecule has 2 N–H and O–H groups in total. The van der Waals surface area contributed by atoms with Gasteiger partial charge in [0, 0.05) is 11.3 Å². The number of hydrogen-bond donors (Lipinski definition) is 1. The molecule has 0 aliphatic rings. The Morgan fingerprint density at radius 3 is 2.67 bits per heavy atom. The second-order valence-corrected chi connectivity index (χ2v) is 3.81. The van der Waals surface area contributed by atoms with E-state index in [9.17, 15) is 0 Å². The minimum atomic E-state index is 0.835. The van der Waals surface area contributed by atoms with Crippen LogP contribution in [0.5, 0.6) is 0 Å². The molecule has 0 amide bonds. The van der Waals surface area contributed by atoms with E-state index in [1.165, 1.54) is 11.1 Å². The summed E-state index contributed by atoms with van der Waals surface area (Å²) < 4.78 is 0. The molecule has 0 bridgehead atoms. The summed E-state index contributed by atoms with van der Waals surface area (Å²) >= 11 is 0. The molecule has 1 nitrogen and oxygen atoms in total. The lowest BCUT2D eigenvalue weighted by Crippen LogP contribution is -2.03. The molecule has 0 saturated heterocycles. The van der Waals surface area contributed by atoms with Crippen LogP contribution in [0, 0.1) is 6.92 Å². The summed E-state index contributed by atoms with van der Waals surface area (Å²) in [5.74, 6) is 0. The summed E-state index contributed by atoms with van der Waals surface area (Å²) in [6.45, 7) is 9.98. The zero-order chi connectivity index (χ0) is 11.4. The molecule has 0 fully saturated rings. The van der Waals surface area contributed by atoms with E-state index in [0.717, 1.165) is 23.3 Å². The van der Waals surface area contributed by atoms with E-state index in [1.807, 2.05) is 6.92 Å². The highest BCUT2D eigenvalue weighted by atomic mass is 14.6. The quantitative estimate of drug-likeness (QED) is 0.745. The second-order valence-electron chi connectivity index (χ2n) is 3.81. The zero-order valence-corrected chi connectivity index (χ0v) is 9.80. The van der Waals surface area contributed by atoms with Crippen molar-refractivity contribution < 1.29 is 0 Å². The molecule has 0 heterocycles. The highest BCUT2D eigenvalue weighted by molar-refractivity contribution is 5.70. The third kappa shape index (κ3) is 2.50. The largest absolute Gasteiger partial charge is 0.398 e. The maximum atomic E-state index is 6.08. The molecule has 0 aromatic heterocycles. The molecule has 0 saturated carbocycles. The number of nitrogens with two attached hydrogens (primary N) is 1. The van der Waals surface area contributed by atoms with Crippen LogP contribution in [0.4, 0.5) is 0 Å². The van der Waals surface area contributed by atoms with Gasteiger partial charge >= 0.3 is 0 Å². The van der Waals surface area contributed by atoms with Gasteiger partial charge < -0.3 is 5.73 Å². The lowest BCUT2D eigenvalue weighted by molar-refractivity contribution is 1.11. The van der Waals surface area contributed by atoms with E-state index >= 15 is 0 Å². The summed E-state index contributed by atoms with van der Waals surface area (Å²) in [4.78, 5) is 0. The Hall–Kier alpha value is -1.50. The second kappa shape index (κ2) is 4.83. The highest BCUT2D eigenvalue weighted by Crippen LogP contribution is 2.20. The molecule has 0 atom stereocenters. The number of rotatable bonds is 3. The first-order valence-corrected chi connectivity index (χ1v) is 5.28. The molecular weight excluding hydrogens is 182 g/mol. The summed E-state index contributed by atoms with van der Waals surface area (Å²) in [6.07, 6.45) is 2.80. The van der Waals surface area contributed by atoms with Gasteiger partial charge in [-0.25, -0.2) is 0 Å². The molecule has 0 unspecified atom stereocenters. The molecule has 15 heavy (non-hydrogen) atoms. The van der Waals surface area contributed by atoms with Gasteiger partial charge in [0.1, 0.15) is 0 Å². The Morgan fingerprint density at radius 2 is 2.13 bits per heavy atom. The Labute approximate surface area is 92.3 Å². The van der Waals surface area contributed by atoms with Crippen LogP contribution in [-0.4, -0.2) is 0 Å². The van der Waals surface area contributed by atoms with E-state index in [-0.39, 0.29) is 0 Å². The summed E-state index contributed by atoms with van der Waals surface area (Å²) in [6, 6.07) is 6.38. The number of aryl methyl sites for hydroxylation is 2. The van der Waals surface area contributed by atoms with Crippen LogP contribution >= 0.6 is 0 Å². The maximum absolute atomic E-state index is 6.08. The number of benzene rings is 1. The van der Waals surface area contributed by atoms with Gasteiger partial charge in [-0.1, -0.05) is 43.3 Å². The van der Waals surface area contributed by atoms with Gasteiger partial charge in [-0.2, -0.15) is 0 Å². The standard InChI is InChI=1S/C14H19N/c1-5-11(4)14(15)13-8-7-10(3)9-12(13)6-2/h5,7-9H,1,6,15H2,2-4H3/b14-11-. The Morgan fingerprint density at radius 1 is 1.47 bits per heavy atom. The third-order valence-electron chi connectivity index (χ3n) is 2.66. The highest BCUT2D eigenvalue weighted by Gasteiger charge is 2.05. The van der Waals surface area contributed by atoms with Gasteiger partial charge in [-0.15, -0.1) is 0 Å². The van der Waals surface area contributed by atoms with Crippen molar-refractivity contribution in [1.29, 1.82) is 0 Å². The van der Waals surface area contributed by atoms with Crippen molar-refractivity contribution in [3.05, 3.63) is 53.1 Å². The molecule has 1 rings (SSSR count). The lowest BCUT2D eigenvalue weighted by Gasteiger charge is -2.11. The van der Waals surface area contributed by atoms with Crippen molar-refractivity contribution in [2.45, 2.75) is 27.2 Å². The maximum Gasteiger partial charge on any atom is 0.0419 e. The Kier molecular flexibility index (Phi) is 3.73. The van der Waals surface area contributed by atoms with Crippen LogP contribution in [-0.2, 0) is 6.42 Å². The lowest BCUT2D eigenvalue weighted by atomic mass is 9.98. The van der Waals surface area contributed by atoms with E-state index in [2.05, 4.69) is 38.6 Å². The van der Waals surface area contributed by atoms with E-state index in [0.29, 0.717) is 0 Å². The van der Waals surface area contributed by atoms with Crippen LogP contribution in [0.15, 0.2) is 36.4 Å². The Bertz CT molecular complexity index is 400. The van der Waals surface area contributed by atoms with Gasteiger partial charge in [0.2, 0.25) is 0 Å². The van der Waals surface area contributed by atoms with Crippen molar-refractivity contribution in [3.8, 4) is 0 Å². The monoisotopic (exact) mass is 201 g/mol. The smallest absolute Gasteiger partial charge is 0.0419 e. The van der Waals surface area contributed by atoms with E-state index in [4.69, 9.17) is 5.73 Å². The zero-order valence-electron chi connectivity index (χ0n) is 9.80. The van der Waals surface area contributed by atoms with Gasteiger partial charge in [-0.3, -0.25) is 0 Å². The van der Waals surface area contributed by atoms with Gasteiger partial charge in [0.05, 0.1) is 0 Å². The first-order valence-electron chi connectivity index (χ1n) is 5.28. The average Bonchev–Trinajstić information content (AvgIpc) is 2.26. The first kappa shape index (κ1) is 11.6. The fourth-order valence-electron chi connectivity index (χ4n) is 1.60. The fraction of sp³-hybridized carbons (Fsp3) is 0.286. The van der Waals surface area contributed by atoms with Crippen molar-refractivity contribution in [1.82, 2.24) is 0 Å². The van der Waals surface area contributed by atoms with E-state index < -0.39 is 0 Å². The average molecular weight is 201 g/mol. The molecule has 0 radical (unpaired) electrons. The minimum absolute atomic E-state index is 0.835. The fourth-order valence-corrected chi connectivity index (χ4v) is 1.60. The van der Waals surface area contributed by atoms with Crippen LogP contribution in [0.3, 0.4) is 0 Å². The molecule has 80 valence electrons. The van der Waals surface area contributed by atoms with E-state index in [1.54, 1.807) is 6.08 Å². The first-order chi connectivity index (χ1) is 7.10. The molecule has 0 spiro atoms. The van der Waals surface area contributed by atoms with Gasteiger partial charge in [-0.05, 0) is 31.4 Å². The predicted molar refractivity (Wildman–Crippen MR) is 67.5 cm³/mol. The normalized spacial score (nSPS) is 12.2. The molecule has 0 aliphatic heterocycles. The van der Waals surface area contributed by atoms with Crippen LogP contribution in [0.1, 0.15) is 30.5 Å². The molecule has 1 aromatic carbocycles. The van der Waals surface area contributed by atoms with Crippen LogP contribution in [0.25, 0.3) is 5.70 Å². The number of allylic oxidation sites excluding steroid dienone is 2. The predicted octanol–water partition coefficient (Wildman–Crippen LogP) is 3.43. The minimum Gasteiger partial charge on any atom is -0.398 e. The van der Waals surface area contributed by atoms with Crippen molar-refractivity contribution >= 4 is 5.70 Å². The number of hydrogen-bond acceptors (Lipinski definition) is 1. The van der Waals surface area contributed by atoms with Crippen LogP contribution in [0.2, 0.25) is 0 Å². The topological polar surface area (TPSA) is 26.0 Å². The van der Waals surface area contributed by atoms with Gasteiger partial charge in [0.15, 0.2) is 0 Å². The van der Waals surface area contributed by atoms with Crippen molar-refractivity contribution in [2.24, 2.45) is 5.73 Å². The van der Waals surface area contributed by atoms with Crippen molar-refractivity contribution in [2.75, 3.05) is 0 Å². The molecular formula is C14H19N. The van der Waals surface area contributed by atoms with Gasteiger partial charge in [0.25, 0.3) is 0 Å². The van der Waals surface area contributed by atoms with Crippen molar-refractivity contribution in [3.63, 3.8) is 0 Å². The molecule has 1 heteroatoms. The Balaban J connectivity index is 3.31. The SMILES string of the molecule is C=C/C(C)=C(\N)c1ccc(C)cc1CC. The summed E-state index contributed by atoms with van der Waals surface area (Å²) in [5, 5.41) is 0. The molecule has 0 aliphatic carbocycles. The third-order valence-corrected chi connectivity index (χ3v) is 2.66. The molecule has 1 aromatic rings. The van der Waals surface area contributed by atoms with Crippen LogP contribution < -0.4 is 5.73 Å². The summed E-state index contributed by atoms with van der Waals surface area (Å²) in [7, 11) is 0. The summed E-state index contributed by atoms with van der Waals surface area (Å²) in [5.41, 5.74) is 11.7.